The van der Waals surface area contributed by atoms with Crippen molar-refractivity contribution in [2.24, 2.45) is 0 Å². The van der Waals surface area contributed by atoms with E-state index in [1.165, 1.54) is 0 Å². The third-order valence-corrected chi connectivity index (χ3v) is 6.46. The van der Waals surface area contributed by atoms with Crippen LogP contribution >= 0.6 is 0 Å². The number of hydrogen-bond donors (Lipinski definition) is 4. The Morgan fingerprint density at radius 1 is 0.436 bits per heavy atom. The Balaban J connectivity index is 0.000000249. The molecule has 39 heavy (non-hydrogen) atoms. The highest BCUT2D eigenvalue weighted by Gasteiger charge is 2.11. The fourth-order valence-electron chi connectivity index (χ4n) is 4.08. The lowest BCUT2D eigenvalue weighted by molar-refractivity contribution is 0.469. The van der Waals surface area contributed by atoms with Crippen LogP contribution < -0.4 is 0 Å². The summed E-state index contributed by atoms with van der Waals surface area (Å²) in [4.78, 5) is 0. The zero-order valence-corrected chi connectivity index (χ0v) is 23.6. The summed E-state index contributed by atoms with van der Waals surface area (Å²) < 4.78 is 16.6. The normalized spacial score (nSPS) is 10.1. The van der Waals surface area contributed by atoms with E-state index in [0.29, 0.717) is 22.3 Å². The molecule has 0 atom stereocenters. The molecule has 206 valence electrons. The Morgan fingerprint density at radius 2 is 0.615 bits per heavy atom. The van der Waals surface area contributed by atoms with Crippen molar-refractivity contribution in [3.63, 3.8) is 0 Å². The number of aromatic hydroxyl groups is 4. The van der Waals surface area contributed by atoms with Crippen molar-refractivity contribution >= 4 is 11.6 Å². The number of phenols is 4. The van der Waals surface area contributed by atoms with Crippen LogP contribution in [0.5, 0.6) is 23.0 Å². The zero-order chi connectivity index (χ0) is 28.9. The van der Waals surface area contributed by atoms with Gasteiger partial charge in [-0.1, -0.05) is 52.0 Å². The quantitative estimate of drug-likeness (QED) is 0.204. The van der Waals surface area contributed by atoms with Crippen LogP contribution in [0.4, 0.5) is 0 Å². The van der Waals surface area contributed by atoms with Gasteiger partial charge in [0.1, 0.15) is 23.0 Å². The van der Waals surface area contributed by atoms with Crippen molar-refractivity contribution in [2.75, 3.05) is 0 Å². The number of phenolic OH excluding ortho intramolecular Hbond substituents is 4. The first-order chi connectivity index (χ1) is 18.7. The second kappa shape index (κ2) is 15.3. The maximum absolute atomic E-state index is 9.96. The first-order valence-electron chi connectivity index (χ1n) is 12.9. The van der Waals surface area contributed by atoms with Gasteiger partial charge in [0.05, 0.1) is 0 Å². The van der Waals surface area contributed by atoms with Gasteiger partial charge in [-0.15, -0.1) is 0 Å². The highest BCUT2D eigenvalue weighted by atomic mass is 32.1. The van der Waals surface area contributed by atoms with Crippen molar-refractivity contribution in [1.29, 1.82) is 0 Å². The predicted molar refractivity (Wildman–Crippen MR) is 157 cm³/mol. The lowest BCUT2D eigenvalue weighted by atomic mass is 9.98. The second-order valence-electron chi connectivity index (χ2n) is 8.89. The van der Waals surface area contributed by atoms with Crippen LogP contribution in [0.3, 0.4) is 0 Å². The Hall–Kier alpha value is -4.10. The molecule has 0 bridgehead atoms. The van der Waals surface area contributed by atoms with Crippen LogP contribution in [0.1, 0.15) is 49.9 Å². The zero-order valence-electron chi connectivity index (χ0n) is 22.8. The highest BCUT2D eigenvalue weighted by molar-refractivity contribution is 7.51. The molecule has 0 saturated carbocycles. The molecule has 0 aliphatic rings. The van der Waals surface area contributed by atoms with E-state index in [1.807, 2.05) is 48.5 Å². The third kappa shape index (κ3) is 8.45. The molecule has 0 saturated heterocycles. The molecular weight excluding hydrogens is 512 g/mol. The first-order valence-corrected chi connectivity index (χ1v) is 13.6. The average molecular weight is 549 g/mol. The Morgan fingerprint density at radius 3 is 0.769 bits per heavy atom. The van der Waals surface area contributed by atoms with E-state index >= 15 is 0 Å². The van der Waals surface area contributed by atoms with E-state index in [2.05, 4.69) is 27.7 Å². The van der Waals surface area contributed by atoms with E-state index < -0.39 is 11.6 Å². The standard InChI is InChI=1S/2C16H18O2.O2S/c2*1-3-11-5-7-15(17)13(9-11)14-10-12(4-2)6-8-16(14)18;1-3-2/h2*5-10,17-18H,3-4H2,1-2H3;. The van der Waals surface area contributed by atoms with Crippen LogP contribution in [-0.2, 0) is 37.3 Å². The highest BCUT2D eigenvalue weighted by Crippen LogP contribution is 2.38. The summed E-state index contributed by atoms with van der Waals surface area (Å²) in [5, 5.41) is 39.8. The molecule has 4 aromatic carbocycles. The summed E-state index contributed by atoms with van der Waals surface area (Å²) >= 11 is -0.750. The topological polar surface area (TPSA) is 115 Å². The molecule has 4 N–H and O–H groups in total. The summed E-state index contributed by atoms with van der Waals surface area (Å²) in [6, 6.07) is 22.1. The fraction of sp³-hybridized carbons (Fsp3) is 0.250. The van der Waals surface area contributed by atoms with Gasteiger partial charge >= 0.3 is 11.6 Å². The van der Waals surface area contributed by atoms with Gasteiger partial charge < -0.3 is 20.4 Å². The Labute approximate surface area is 233 Å². The van der Waals surface area contributed by atoms with Gasteiger partial charge in [-0.05, 0) is 96.5 Å². The van der Waals surface area contributed by atoms with Crippen molar-refractivity contribution in [1.82, 2.24) is 0 Å². The van der Waals surface area contributed by atoms with Gasteiger partial charge in [0.15, 0.2) is 0 Å². The SMILES string of the molecule is CCc1ccc(O)c(-c2cc(CC)ccc2O)c1.CCc1ccc(O)c(-c2cc(CC)ccc2O)c1.O=S=O. The monoisotopic (exact) mass is 548 g/mol. The van der Waals surface area contributed by atoms with Gasteiger partial charge in [0, 0.05) is 22.3 Å². The van der Waals surface area contributed by atoms with Gasteiger partial charge in [0.25, 0.3) is 0 Å². The summed E-state index contributed by atoms with van der Waals surface area (Å²) in [5.41, 5.74) is 7.36. The minimum Gasteiger partial charge on any atom is -0.507 e. The first kappa shape index (κ1) is 31.1. The summed E-state index contributed by atoms with van der Waals surface area (Å²) in [7, 11) is 0. The molecule has 4 aromatic rings. The molecule has 7 heteroatoms. The molecule has 0 fully saturated rings. The van der Waals surface area contributed by atoms with E-state index in [0.717, 1.165) is 47.9 Å². The number of benzene rings is 4. The molecule has 0 aliphatic carbocycles. The van der Waals surface area contributed by atoms with Crippen LogP contribution in [0, 0.1) is 0 Å². The molecule has 0 spiro atoms. The minimum atomic E-state index is -0.750. The summed E-state index contributed by atoms with van der Waals surface area (Å²) in [6.45, 7) is 8.27. The minimum absolute atomic E-state index is 0.204. The van der Waals surface area contributed by atoms with Gasteiger partial charge in [-0.3, -0.25) is 0 Å². The Bertz CT molecular complexity index is 1220. The van der Waals surface area contributed by atoms with Crippen molar-refractivity contribution < 1.29 is 28.8 Å². The largest absolute Gasteiger partial charge is 0.507 e. The molecule has 0 unspecified atom stereocenters. The van der Waals surface area contributed by atoms with Crippen molar-refractivity contribution in [3.05, 3.63) is 95.1 Å². The van der Waals surface area contributed by atoms with Crippen molar-refractivity contribution in [3.8, 4) is 45.3 Å². The summed E-state index contributed by atoms with van der Waals surface area (Å²) in [5.74, 6) is 0.818. The van der Waals surface area contributed by atoms with Crippen LogP contribution in [0.15, 0.2) is 72.8 Å². The van der Waals surface area contributed by atoms with Crippen LogP contribution in [0.25, 0.3) is 22.3 Å². The predicted octanol–water partition coefficient (Wildman–Crippen LogP) is 7.11. The molecule has 0 aromatic heterocycles. The van der Waals surface area contributed by atoms with E-state index in [4.69, 9.17) is 8.42 Å². The number of aryl methyl sites for hydroxylation is 4. The van der Waals surface area contributed by atoms with Crippen molar-refractivity contribution in [2.45, 2.75) is 53.4 Å². The van der Waals surface area contributed by atoms with Crippen LogP contribution in [0.2, 0.25) is 0 Å². The molecule has 4 rings (SSSR count). The Kier molecular flexibility index (Phi) is 12.2. The summed E-state index contributed by atoms with van der Waals surface area (Å²) in [6.07, 6.45) is 3.62. The van der Waals surface area contributed by atoms with Gasteiger partial charge in [-0.2, -0.15) is 8.42 Å². The maximum Gasteiger partial charge on any atom is 0.335 e. The average Bonchev–Trinajstić information content (AvgIpc) is 2.95. The molecule has 6 nitrogen and oxygen atoms in total. The fourth-order valence-corrected chi connectivity index (χ4v) is 4.08. The van der Waals surface area contributed by atoms with E-state index in [-0.39, 0.29) is 23.0 Å². The van der Waals surface area contributed by atoms with Gasteiger partial charge in [-0.25, -0.2) is 0 Å². The maximum atomic E-state index is 9.96. The number of hydrogen-bond acceptors (Lipinski definition) is 6. The molecule has 0 radical (unpaired) electrons. The third-order valence-electron chi connectivity index (χ3n) is 6.46. The number of rotatable bonds is 6. The smallest absolute Gasteiger partial charge is 0.335 e. The molecule has 0 amide bonds. The lowest BCUT2D eigenvalue weighted by Crippen LogP contribution is -1.87. The molecule has 0 heterocycles. The second-order valence-corrected chi connectivity index (χ2v) is 9.02. The molecule has 0 aliphatic heterocycles. The van der Waals surface area contributed by atoms with Crippen LogP contribution in [-0.4, -0.2) is 28.8 Å². The lowest BCUT2D eigenvalue weighted by Gasteiger charge is -2.10. The van der Waals surface area contributed by atoms with E-state index in [9.17, 15) is 20.4 Å². The molecular formula is C32H36O6S. The van der Waals surface area contributed by atoms with E-state index in [1.54, 1.807) is 24.3 Å². The van der Waals surface area contributed by atoms with Gasteiger partial charge in [0.2, 0.25) is 0 Å².